The highest BCUT2D eigenvalue weighted by atomic mass is 32.1. The Morgan fingerprint density at radius 3 is 2.89 bits per heavy atom. The molecule has 94 valence electrons. The van der Waals surface area contributed by atoms with Gasteiger partial charge in [-0.2, -0.15) is 0 Å². The Kier molecular flexibility index (Phi) is 3.25. The Morgan fingerprint density at radius 1 is 1.28 bits per heavy atom. The molecule has 18 heavy (non-hydrogen) atoms. The molecular formula is C13H16N4S. The van der Waals surface area contributed by atoms with Crippen molar-refractivity contribution in [1.82, 2.24) is 15.3 Å². The van der Waals surface area contributed by atoms with E-state index in [2.05, 4.69) is 33.2 Å². The van der Waals surface area contributed by atoms with Crippen LogP contribution in [0.3, 0.4) is 0 Å². The van der Waals surface area contributed by atoms with Crippen LogP contribution in [0.2, 0.25) is 0 Å². The van der Waals surface area contributed by atoms with E-state index in [9.17, 15) is 0 Å². The van der Waals surface area contributed by atoms with Crippen molar-refractivity contribution in [1.29, 1.82) is 0 Å². The number of rotatable bonds is 2. The number of thiazole rings is 1. The summed E-state index contributed by atoms with van der Waals surface area (Å²) in [4.78, 5) is 12.4. The van der Waals surface area contributed by atoms with Gasteiger partial charge < -0.3 is 10.2 Å². The highest BCUT2D eigenvalue weighted by molar-refractivity contribution is 7.18. The van der Waals surface area contributed by atoms with E-state index in [1.807, 2.05) is 18.5 Å². The van der Waals surface area contributed by atoms with E-state index in [0.29, 0.717) is 0 Å². The van der Waals surface area contributed by atoms with Gasteiger partial charge in [0.25, 0.3) is 0 Å². The molecule has 1 N–H and O–H groups in total. The summed E-state index contributed by atoms with van der Waals surface area (Å²) in [5.41, 5.74) is 2.26. The summed E-state index contributed by atoms with van der Waals surface area (Å²) < 4.78 is 0. The van der Waals surface area contributed by atoms with Gasteiger partial charge in [-0.1, -0.05) is 11.3 Å². The fourth-order valence-electron chi connectivity index (χ4n) is 2.06. The van der Waals surface area contributed by atoms with Gasteiger partial charge in [0.1, 0.15) is 0 Å². The van der Waals surface area contributed by atoms with Gasteiger partial charge in [-0.25, -0.2) is 4.98 Å². The van der Waals surface area contributed by atoms with Crippen LogP contribution in [0.25, 0.3) is 10.6 Å². The maximum absolute atomic E-state index is 4.52. The third kappa shape index (κ3) is 2.37. The largest absolute Gasteiger partial charge is 0.346 e. The molecule has 0 aliphatic carbocycles. The van der Waals surface area contributed by atoms with Gasteiger partial charge >= 0.3 is 0 Å². The summed E-state index contributed by atoms with van der Waals surface area (Å²) in [7, 11) is 0. The predicted octanol–water partition coefficient (Wildman–Crippen LogP) is 1.92. The monoisotopic (exact) mass is 260 g/mol. The molecule has 1 aliphatic rings. The molecule has 1 fully saturated rings. The van der Waals surface area contributed by atoms with Crippen molar-refractivity contribution in [2.45, 2.75) is 6.92 Å². The molecule has 5 heteroatoms. The van der Waals surface area contributed by atoms with Crippen molar-refractivity contribution >= 4 is 16.5 Å². The van der Waals surface area contributed by atoms with Crippen LogP contribution in [0, 0.1) is 6.92 Å². The second-order valence-electron chi connectivity index (χ2n) is 4.46. The quantitative estimate of drug-likeness (QED) is 0.895. The van der Waals surface area contributed by atoms with Crippen molar-refractivity contribution in [3.05, 3.63) is 30.1 Å². The van der Waals surface area contributed by atoms with Crippen LogP contribution in [0.1, 0.15) is 5.56 Å². The topological polar surface area (TPSA) is 41.1 Å². The van der Waals surface area contributed by atoms with Gasteiger partial charge in [0, 0.05) is 38.6 Å². The van der Waals surface area contributed by atoms with E-state index in [1.54, 1.807) is 11.3 Å². The second-order valence-corrected chi connectivity index (χ2v) is 5.47. The summed E-state index contributed by atoms with van der Waals surface area (Å²) in [6.07, 6.45) is 3.79. The highest BCUT2D eigenvalue weighted by Crippen LogP contribution is 2.30. The average molecular weight is 260 g/mol. The van der Waals surface area contributed by atoms with Crippen LogP contribution in [0.4, 0.5) is 5.13 Å². The molecule has 2 aromatic heterocycles. The van der Waals surface area contributed by atoms with Gasteiger partial charge in [-0.3, -0.25) is 4.98 Å². The number of nitrogens with one attached hydrogen (secondary N) is 1. The lowest BCUT2D eigenvalue weighted by Crippen LogP contribution is -2.43. The molecule has 0 saturated carbocycles. The normalized spacial score (nSPS) is 15.9. The predicted molar refractivity (Wildman–Crippen MR) is 75.2 cm³/mol. The van der Waals surface area contributed by atoms with Gasteiger partial charge in [0.05, 0.1) is 10.6 Å². The molecule has 2 aromatic rings. The molecular weight excluding hydrogens is 244 g/mol. The van der Waals surface area contributed by atoms with Crippen LogP contribution in [-0.4, -0.2) is 36.1 Å². The Hall–Kier alpha value is -1.46. The van der Waals surface area contributed by atoms with Crippen molar-refractivity contribution < 1.29 is 0 Å². The lowest BCUT2D eigenvalue weighted by molar-refractivity contribution is 0.588. The third-order valence-corrected chi connectivity index (χ3v) is 4.13. The molecule has 0 bridgehead atoms. The number of hydrogen-bond acceptors (Lipinski definition) is 5. The van der Waals surface area contributed by atoms with E-state index in [0.717, 1.165) is 41.9 Å². The van der Waals surface area contributed by atoms with Crippen LogP contribution >= 0.6 is 11.3 Å². The minimum absolute atomic E-state index is 1.02. The Balaban J connectivity index is 1.84. The van der Waals surface area contributed by atoms with Crippen LogP contribution < -0.4 is 10.2 Å². The number of aryl methyl sites for hydroxylation is 1. The van der Waals surface area contributed by atoms with Gasteiger partial charge in [0.15, 0.2) is 5.13 Å². The minimum Gasteiger partial charge on any atom is -0.346 e. The number of piperazine rings is 1. The maximum atomic E-state index is 4.52. The van der Waals surface area contributed by atoms with E-state index in [-0.39, 0.29) is 0 Å². The molecule has 4 nitrogen and oxygen atoms in total. The summed E-state index contributed by atoms with van der Waals surface area (Å²) in [6.45, 7) is 6.24. The summed E-state index contributed by atoms with van der Waals surface area (Å²) in [6, 6.07) is 4.12. The molecule has 0 aromatic carbocycles. The Morgan fingerprint density at radius 2 is 2.11 bits per heavy atom. The molecule has 0 spiro atoms. The van der Waals surface area contributed by atoms with E-state index in [1.165, 1.54) is 5.56 Å². The first-order chi connectivity index (χ1) is 8.83. The zero-order chi connectivity index (χ0) is 12.4. The summed E-state index contributed by atoms with van der Waals surface area (Å²) >= 11 is 1.73. The Labute approximate surface area is 111 Å². The SMILES string of the molecule is Cc1ccnc(-c2cnc(N3CCNCC3)s2)c1. The van der Waals surface area contributed by atoms with Crippen LogP contribution in [0.15, 0.2) is 24.5 Å². The van der Waals surface area contributed by atoms with Crippen molar-refractivity contribution in [2.75, 3.05) is 31.1 Å². The fraction of sp³-hybridized carbons (Fsp3) is 0.385. The van der Waals surface area contributed by atoms with E-state index < -0.39 is 0 Å². The Bertz CT molecular complexity index is 531. The van der Waals surface area contributed by atoms with Crippen molar-refractivity contribution in [2.24, 2.45) is 0 Å². The molecule has 0 radical (unpaired) electrons. The lowest BCUT2D eigenvalue weighted by Gasteiger charge is -2.26. The van der Waals surface area contributed by atoms with E-state index in [4.69, 9.17) is 0 Å². The number of nitrogens with zero attached hydrogens (tertiary/aromatic N) is 3. The summed E-state index contributed by atoms with van der Waals surface area (Å²) in [5.74, 6) is 0. The third-order valence-electron chi connectivity index (χ3n) is 3.05. The molecule has 0 atom stereocenters. The molecule has 3 heterocycles. The maximum Gasteiger partial charge on any atom is 0.185 e. The zero-order valence-electron chi connectivity index (χ0n) is 10.4. The molecule has 0 amide bonds. The summed E-state index contributed by atoms with van der Waals surface area (Å²) in [5, 5.41) is 4.46. The molecule has 1 aliphatic heterocycles. The molecule has 3 rings (SSSR count). The first kappa shape index (κ1) is 11.6. The standard InChI is InChI=1S/C13H16N4S/c1-10-2-3-15-11(8-10)12-9-16-13(18-12)17-6-4-14-5-7-17/h2-3,8-9,14H,4-7H2,1H3. The number of anilines is 1. The van der Waals surface area contributed by atoms with Crippen LogP contribution in [-0.2, 0) is 0 Å². The minimum atomic E-state index is 1.02. The van der Waals surface area contributed by atoms with Gasteiger partial charge in [-0.05, 0) is 24.6 Å². The average Bonchev–Trinajstić information content (AvgIpc) is 2.89. The number of hydrogen-bond donors (Lipinski definition) is 1. The highest BCUT2D eigenvalue weighted by Gasteiger charge is 2.14. The molecule has 0 unspecified atom stereocenters. The van der Waals surface area contributed by atoms with E-state index >= 15 is 0 Å². The van der Waals surface area contributed by atoms with Gasteiger partial charge in [-0.15, -0.1) is 0 Å². The molecule has 1 saturated heterocycles. The fourth-order valence-corrected chi connectivity index (χ4v) is 2.99. The smallest absolute Gasteiger partial charge is 0.185 e. The van der Waals surface area contributed by atoms with Crippen LogP contribution in [0.5, 0.6) is 0 Å². The van der Waals surface area contributed by atoms with Crippen molar-refractivity contribution in [3.63, 3.8) is 0 Å². The van der Waals surface area contributed by atoms with Crippen molar-refractivity contribution in [3.8, 4) is 10.6 Å². The lowest BCUT2D eigenvalue weighted by atomic mass is 10.2. The number of pyridine rings is 1. The van der Waals surface area contributed by atoms with Gasteiger partial charge in [0.2, 0.25) is 0 Å². The first-order valence-corrected chi connectivity index (χ1v) is 6.99. The second kappa shape index (κ2) is 5.04. The first-order valence-electron chi connectivity index (χ1n) is 6.17. The number of aromatic nitrogens is 2. The zero-order valence-corrected chi connectivity index (χ0v) is 11.2.